The lowest BCUT2D eigenvalue weighted by atomic mass is 9.88. The molecule has 0 amide bonds. The summed E-state index contributed by atoms with van der Waals surface area (Å²) < 4.78 is 174. The van der Waals surface area contributed by atoms with Gasteiger partial charge in [-0.3, -0.25) is 0 Å². The lowest BCUT2D eigenvalue weighted by Crippen LogP contribution is -2.23. The van der Waals surface area contributed by atoms with Gasteiger partial charge in [0.05, 0.1) is 5.92 Å². The molecule has 0 saturated heterocycles. The fraction of sp³-hybridized carbons (Fsp3) is 1.00. The van der Waals surface area contributed by atoms with Crippen molar-refractivity contribution in [3.63, 3.8) is 0 Å². The molecular formula is C53H111F15. The van der Waals surface area contributed by atoms with Crippen LogP contribution in [0.1, 0.15) is 263 Å². The molecule has 1 aliphatic rings. The molecule has 1 aliphatic carbocycles. The van der Waals surface area contributed by atoms with Gasteiger partial charge in [0.15, 0.2) is 0 Å². The Kier molecular flexibility index (Phi) is 65.4. The van der Waals surface area contributed by atoms with Crippen LogP contribution in [0.5, 0.6) is 0 Å². The molecule has 0 heterocycles. The second-order valence-corrected chi connectivity index (χ2v) is 20.6. The zero-order chi connectivity index (χ0) is 57.7. The van der Waals surface area contributed by atoms with E-state index in [1.165, 1.54) is 26.7 Å². The molecule has 1 rings (SSSR count). The highest BCUT2D eigenvalue weighted by Crippen LogP contribution is 2.35. The summed E-state index contributed by atoms with van der Waals surface area (Å²) in [5.41, 5.74) is -0.417. The maximum absolute atomic E-state index is 12.5. The van der Waals surface area contributed by atoms with E-state index in [4.69, 9.17) is 0 Å². The van der Waals surface area contributed by atoms with Crippen molar-refractivity contribution < 1.29 is 65.9 Å². The van der Waals surface area contributed by atoms with E-state index in [2.05, 4.69) is 83.1 Å². The molecule has 15 heteroatoms. The number of hydrogen-bond donors (Lipinski definition) is 0. The van der Waals surface area contributed by atoms with Crippen LogP contribution in [0.2, 0.25) is 0 Å². The van der Waals surface area contributed by atoms with Crippen LogP contribution in [0.3, 0.4) is 0 Å². The molecular weight excluding hydrogens is 922 g/mol. The Morgan fingerprint density at radius 2 is 0.691 bits per heavy atom. The van der Waals surface area contributed by atoms with Crippen molar-refractivity contribution in [2.24, 2.45) is 46.8 Å². The van der Waals surface area contributed by atoms with Gasteiger partial charge in [0.2, 0.25) is 5.92 Å². The summed E-state index contributed by atoms with van der Waals surface area (Å²) in [6.07, 6.45) is -10.5. The first kappa shape index (κ1) is 89.8. The molecule has 0 aliphatic heterocycles. The van der Waals surface area contributed by atoms with Crippen molar-refractivity contribution >= 4 is 0 Å². The monoisotopic (exact) mass is 1030 g/mol. The minimum absolute atomic E-state index is 0.105. The average Bonchev–Trinajstić information content (AvgIpc) is 3.15. The Bertz CT molecular complexity index is 890. The van der Waals surface area contributed by atoms with Gasteiger partial charge in [-0.25, -0.2) is 13.2 Å². The molecule has 0 aromatic rings. The third-order valence-electron chi connectivity index (χ3n) is 8.68. The fourth-order valence-corrected chi connectivity index (χ4v) is 2.74. The van der Waals surface area contributed by atoms with Gasteiger partial charge < -0.3 is 0 Å². The maximum Gasteiger partial charge on any atom is 0.391 e. The number of rotatable bonds is 8. The van der Waals surface area contributed by atoms with Crippen LogP contribution in [0.15, 0.2) is 0 Å². The van der Waals surface area contributed by atoms with Gasteiger partial charge in [-0.15, -0.1) is 0 Å². The SMILES string of the molecule is CC.CC(C)(C)C.CC(C)C.CC(C)C(F)(F)F.CC1CCC(F)(F)CC1.CCC.CCC(C)(F)CC.CCC(C)C.CCC(C)C(F)(F)F.CC[C@H](C)CC(F)(F)F.CC[C@H](C)CC(F)(F)F. The summed E-state index contributed by atoms with van der Waals surface area (Å²) in [4.78, 5) is 0. The number of halogens is 15. The van der Waals surface area contributed by atoms with Crippen LogP contribution in [0.4, 0.5) is 65.9 Å². The molecule has 0 spiro atoms. The minimum atomic E-state index is -4.00. The smallest absolute Gasteiger partial charge is 0.244 e. The van der Waals surface area contributed by atoms with Crippen LogP contribution in [-0.2, 0) is 0 Å². The Balaban J connectivity index is -0.0000000694. The lowest BCUT2D eigenvalue weighted by molar-refractivity contribution is -0.170. The maximum atomic E-state index is 12.5. The predicted molar refractivity (Wildman–Crippen MR) is 267 cm³/mol. The molecule has 0 aromatic carbocycles. The molecule has 0 N–H and O–H groups in total. The van der Waals surface area contributed by atoms with Gasteiger partial charge in [-0.2, -0.15) is 52.7 Å². The quantitative estimate of drug-likeness (QED) is 0.213. The van der Waals surface area contributed by atoms with Gasteiger partial charge in [0.1, 0.15) is 5.67 Å². The van der Waals surface area contributed by atoms with Crippen molar-refractivity contribution in [1.82, 2.24) is 0 Å². The molecule has 68 heavy (non-hydrogen) atoms. The minimum Gasteiger partial charge on any atom is -0.244 e. The second-order valence-electron chi connectivity index (χ2n) is 20.6. The van der Waals surface area contributed by atoms with E-state index in [1.807, 2.05) is 34.6 Å². The molecule has 0 bridgehead atoms. The van der Waals surface area contributed by atoms with Gasteiger partial charge in [0.25, 0.3) is 0 Å². The predicted octanol–water partition coefficient (Wildman–Crippen LogP) is 24.3. The summed E-state index contributed by atoms with van der Waals surface area (Å²) in [6.45, 7) is 49.2. The molecule has 0 nitrogen and oxygen atoms in total. The molecule has 1 saturated carbocycles. The average molecular weight is 1030 g/mol. The van der Waals surface area contributed by atoms with Crippen molar-refractivity contribution in [2.75, 3.05) is 0 Å². The Labute approximate surface area is 411 Å². The van der Waals surface area contributed by atoms with Gasteiger partial charge >= 0.3 is 24.7 Å². The highest BCUT2D eigenvalue weighted by molar-refractivity contribution is 4.75. The van der Waals surface area contributed by atoms with Crippen LogP contribution in [0, 0.1) is 46.8 Å². The van der Waals surface area contributed by atoms with Crippen molar-refractivity contribution in [3.05, 3.63) is 0 Å². The third-order valence-corrected chi connectivity index (χ3v) is 8.68. The normalized spacial score (nSPS) is 14.8. The Morgan fingerprint density at radius 3 is 0.750 bits per heavy atom. The van der Waals surface area contributed by atoms with E-state index >= 15 is 0 Å². The first-order valence-corrected chi connectivity index (χ1v) is 25.3. The van der Waals surface area contributed by atoms with E-state index in [0.29, 0.717) is 49.9 Å². The lowest BCUT2D eigenvalue weighted by Gasteiger charge is -2.25. The van der Waals surface area contributed by atoms with Crippen molar-refractivity contribution in [2.45, 2.75) is 300 Å². The van der Waals surface area contributed by atoms with Crippen LogP contribution in [-0.4, -0.2) is 36.3 Å². The standard InChI is InChI=1S/C7H12F2.2C6H11F3.C6H13F.C5H9F3.2C5H12.C4H7F3.C4H10.C3H8.C2H6/c1-6-2-4-7(8,9)5-3-6;2*1-3-5(2)4-6(7,8)9;1-4-6(3,7)5-2;1-3-4(2)5(6,7)8;1-5(2,3)4;1-4-5(2)3;1-3(2)4(5,6)7;1-4(2)3;1-3-2;1-2/h6H,2-5H2,1H3;2*5H,3-4H2,1-2H3;4-5H2,1-3H3;4H,3H2,1-2H3;1-4H3;5H,4H2,1-3H3;3H,1-2H3;4H,1-3H3;3H2,1-2H3;1-2H3/t;2*5-;;;;;;;;/m.00......../s1. The second kappa shape index (κ2) is 49.5. The molecule has 0 aromatic heterocycles. The van der Waals surface area contributed by atoms with Crippen LogP contribution >= 0.6 is 0 Å². The summed E-state index contributed by atoms with van der Waals surface area (Å²) in [7, 11) is 0. The number of alkyl halides is 15. The van der Waals surface area contributed by atoms with E-state index in [1.54, 1.807) is 34.6 Å². The summed E-state index contributed by atoms with van der Waals surface area (Å²) in [5.74, 6) is -2.92. The Morgan fingerprint density at radius 1 is 0.471 bits per heavy atom. The first-order valence-electron chi connectivity index (χ1n) is 25.3. The Hall–Kier alpha value is -1.05. The van der Waals surface area contributed by atoms with Gasteiger partial charge in [-0.05, 0) is 74.0 Å². The largest absolute Gasteiger partial charge is 0.391 e. The van der Waals surface area contributed by atoms with E-state index in [-0.39, 0.29) is 31.1 Å². The van der Waals surface area contributed by atoms with Crippen molar-refractivity contribution in [3.8, 4) is 0 Å². The van der Waals surface area contributed by atoms with E-state index in [0.717, 1.165) is 25.7 Å². The number of hydrogen-bond acceptors (Lipinski definition) is 0. The van der Waals surface area contributed by atoms with Crippen LogP contribution < -0.4 is 0 Å². The molecule has 1 fully saturated rings. The summed E-state index contributed by atoms with van der Waals surface area (Å²) in [5, 5.41) is 0. The van der Waals surface area contributed by atoms with E-state index < -0.39 is 61.0 Å². The summed E-state index contributed by atoms with van der Waals surface area (Å²) >= 11 is 0. The fourth-order valence-electron chi connectivity index (χ4n) is 2.74. The topological polar surface area (TPSA) is 0 Å². The first-order chi connectivity index (χ1) is 30.0. The van der Waals surface area contributed by atoms with Crippen molar-refractivity contribution in [1.29, 1.82) is 0 Å². The third kappa shape index (κ3) is 121. The summed E-state index contributed by atoms with van der Waals surface area (Å²) in [6, 6.07) is 0. The zero-order valence-electron chi connectivity index (χ0n) is 48.4. The zero-order valence-corrected chi connectivity index (χ0v) is 48.4. The van der Waals surface area contributed by atoms with E-state index in [9.17, 15) is 65.9 Å². The van der Waals surface area contributed by atoms with Crippen LogP contribution in [0.25, 0.3) is 0 Å². The molecule has 1 unspecified atom stereocenters. The van der Waals surface area contributed by atoms with Gasteiger partial charge in [-0.1, -0.05) is 199 Å². The van der Waals surface area contributed by atoms with Gasteiger partial charge in [0, 0.05) is 31.6 Å². The molecule has 0 radical (unpaired) electrons. The molecule has 3 atom stereocenters. The highest BCUT2D eigenvalue weighted by atomic mass is 19.4. The highest BCUT2D eigenvalue weighted by Gasteiger charge is 2.35. The molecule has 428 valence electrons.